The number of hydrogen-bond acceptors (Lipinski definition) is 4. The number of nitrogens with zero attached hydrogens (tertiary/aromatic N) is 3. The van der Waals surface area contributed by atoms with Crippen LogP contribution in [0.1, 0.15) is 5.56 Å². The number of anilines is 1. The Balaban J connectivity index is 1.60. The van der Waals surface area contributed by atoms with Crippen LogP contribution in [0.3, 0.4) is 0 Å². The Bertz CT molecular complexity index is 482. The van der Waals surface area contributed by atoms with Gasteiger partial charge in [-0.15, -0.1) is 0 Å². The third kappa shape index (κ3) is 3.54. The molecular formula is C16H24N4O. The highest BCUT2D eigenvalue weighted by Gasteiger charge is 2.21. The van der Waals surface area contributed by atoms with E-state index in [9.17, 15) is 4.79 Å². The van der Waals surface area contributed by atoms with Gasteiger partial charge in [0.2, 0.25) is 5.91 Å². The quantitative estimate of drug-likeness (QED) is 0.872. The minimum Gasteiger partial charge on any atom is -0.360 e. The summed E-state index contributed by atoms with van der Waals surface area (Å²) in [6, 6.07) is 8.69. The molecule has 1 aromatic carbocycles. The summed E-state index contributed by atoms with van der Waals surface area (Å²) in [4.78, 5) is 18.2. The first-order chi connectivity index (χ1) is 10.2. The van der Waals surface area contributed by atoms with Gasteiger partial charge in [-0.1, -0.05) is 12.1 Å². The summed E-state index contributed by atoms with van der Waals surface area (Å²) >= 11 is 0. The summed E-state index contributed by atoms with van der Waals surface area (Å²) in [6.07, 6.45) is 0. The van der Waals surface area contributed by atoms with Crippen molar-refractivity contribution in [1.82, 2.24) is 15.1 Å². The molecule has 0 aromatic heterocycles. The predicted molar refractivity (Wildman–Crippen MR) is 84.4 cm³/mol. The molecule has 0 spiro atoms. The van der Waals surface area contributed by atoms with Crippen molar-refractivity contribution in [3.8, 4) is 0 Å². The maximum absolute atomic E-state index is 11.8. The summed E-state index contributed by atoms with van der Waals surface area (Å²) in [5.74, 6) is 0.200. The average Bonchev–Trinajstić information content (AvgIpc) is 2.52. The lowest BCUT2D eigenvalue weighted by molar-refractivity contribution is -0.129. The van der Waals surface area contributed by atoms with Gasteiger partial charge >= 0.3 is 0 Å². The summed E-state index contributed by atoms with van der Waals surface area (Å²) in [7, 11) is 1.87. The number of rotatable bonds is 3. The van der Waals surface area contributed by atoms with Crippen LogP contribution in [0.4, 0.5) is 5.69 Å². The van der Waals surface area contributed by atoms with Gasteiger partial charge in [0.1, 0.15) is 0 Å². The van der Waals surface area contributed by atoms with Crippen LogP contribution in [0.2, 0.25) is 0 Å². The Labute approximate surface area is 126 Å². The Morgan fingerprint density at radius 3 is 2.43 bits per heavy atom. The Morgan fingerprint density at radius 2 is 1.76 bits per heavy atom. The summed E-state index contributed by atoms with van der Waals surface area (Å²) in [6.45, 7) is 7.64. The molecular weight excluding hydrogens is 264 g/mol. The molecule has 0 aliphatic carbocycles. The van der Waals surface area contributed by atoms with Crippen LogP contribution in [0.5, 0.6) is 0 Å². The number of amides is 1. The van der Waals surface area contributed by atoms with Gasteiger partial charge in [0, 0.05) is 58.5 Å². The largest absolute Gasteiger partial charge is 0.360 e. The smallest absolute Gasteiger partial charge is 0.241 e. The molecule has 5 heteroatoms. The van der Waals surface area contributed by atoms with E-state index < -0.39 is 0 Å². The van der Waals surface area contributed by atoms with E-state index in [1.165, 1.54) is 5.56 Å². The average molecular weight is 288 g/mol. The second-order valence-electron chi connectivity index (χ2n) is 5.93. The SMILES string of the molecule is CN1CCN(c2ccc(CN3CCNCC3)cc2)CC1=O. The molecule has 5 nitrogen and oxygen atoms in total. The van der Waals surface area contributed by atoms with E-state index in [1.807, 2.05) is 7.05 Å². The standard InChI is InChI=1S/C16H24N4O/c1-18-10-11-20(13-16(18)21)15-4-2-14(3-5-15)12-19-8-6-17-7-9-19/h2-5,17H,6-13H2,1H3. The first-order valence-electron chi connectivity index (χ1n) is 7.73. The van der Waals surface area contributed by atoms with Crippen molar-refractivity contribution in [1.29, 1.82) is 0 Å². The van der Waals surface area contributed by atoms with Gasteiger partial charge in [-0.2, -0.15) is 0 Å². The molecule has 0 bridgehead atoms. The molecule has 3 rings (SSSR count). The third-order valence-corrected chi connectivity index (χ3v) is 4.37. The maximum atomic E-state index is 11.8. The number of benzene rings is 1. The molecule has 0 saturated carbocycles. The molecule has 0 atom stereocenters. The number of likely N-dealkylation sites (N-methyl/N-ethyl adjacent to an activating group) is 1. The zero-order valence-corrected chi connectivity index (χ0v) is 12.7. The minimum absolute atomic E-state index is 0.200. The van der Waals surface area contributed by atoms with Crippen LogP contribution in [0.25, 0.3) is 0 Å². The van der Waals surface area contributed by atoms with E-state index in [1.54, 1.807) is 4.90 Å². The second-order valence-corrected chi connectivity index (χ2v) is 5.93. The van der Waals surface area contributed by atoms with Crippen molar-refractivity contribution in [2.24, 2.45) is 0 Å². The predicted octanol–water partition coefficient (Wildman–Crippen LogP) is 0.370. The number of carbonyl (C=O) groups is 1. The maximum Gasteiger partial charge on any atom is 0.241 e. The van der Waals surface area contributed by atoms with Crippen LogP contribution in [0, 0.1) is 0 Å². The van der Waals surface area contributed by atoms with Gasteiger partial charge < -0.3 is 15.1 Å². The number of carbonyl (C=O) groups excluding carboxylic acids is 1. The van der Waals surface area contributed by atoms with Crippen molar-refractivity contribution in [2.75, 3.05) is 57.8 Å². The topological polar surface area (TPSA) is 38.8 Å². The zero-order valence-electron chi connectivity index (χ0n) is 12.7. The van der Waals surface area contributed by atoms with Gasteiger partial charge in [0.15, 0.2) is 0 Å². The molecule has 1 N–H and O–H groups in total. The Morgan fingerprint density at radius 1 is 1.05 bits per heavy atom. The lowest BCUT2D eigenvalue weighted by Crippen LogP contribution is -2.48. The molecule has 2 aliphatic rings. The van der Waals surface area contributed by atoms with Crippen molar-refractivity contribution in [3.05, 3.63) is 29.8 Å². The summed E-state index contributed by atoms with van der Waals surface area (Å²) in [5.41, 5.74) is 2.50. The van der Waals surface area contributed by atoms with Crippen LogP contribution < -0.4 is 10.2 Å². The second kappa shape index (κ2) is 6.45. The first kappa shape index (κ1) is 14.4. The molecule has 21 heavy (non-hydrogen) atoms. The molecule has 1 amide bonds. The molecule has 114 valence electrons. The van der Waals surface area contributed by atoms with Crippen LogP contribution in [0.15, 0.2) is 24.3 Å². The van der Waals surface area contributed by atoms with E-state index in [0.29, 0.717) is 6.54 Å². The van der Waals surface area contributed by atoms with Crippen molar-refractivity contribution < 1.29 is 4.79 Å². The van der Waals surface area contributed by atoms with E-state index >= 15 is 0 Å². The van der Waals surface area contributed by atoms with E-state index in [-0.39, 0.29) is 5.91 Å². The third-order valence-electron chi connectivity index (χ3n) is 4.37. The van der Waals surface area contributed by atoms with Crippen molar-refractivity contribution in [2.45, 2.75) is 6.54 Å². The van der Waals surface area contributed by atoms with Crippen LogP contribution in [-0.2, 0) is 11.3 Å². The summed E-state index contributed by atoms with van der Waals surface area (Å²) < 4.78 is 0. The lowest BCUT2D eigenvalue weighted by Gasteiger charge is -2.33. The van der Waals surface area contributed by atoms with Gasteiger partial charge in [-0.25, -0.2) is 0 Å². The normalized spacial score (nSPS) is 20.9. The molecule has 0 radical (unpaired) electrons. The van der Waals surface area contributed by atoms with Gasteiger partial charge in [-0.3, -0.25) is 9.69 Å². The van der Waals surface area contributed by atoms with Crippen molar-refractivity contribution >= 4 is 11.6 Å². The molecule has 0 unspecified atom stereocenters. The molecule has 2 saturated heterocycles. The van der Waals surface area contributed by atoms with Crippen LogP contribution >= 0.6 is 0 Å². The highest BCUT2D eigenvalue weighted by atomic mass is 16.2. The van der Waals surface area contributed by atoms with Gasteiger partial charge in [0.05, 0.1) is 6.54 Å². The molecule has 2 heterocycles. The highest BCUT2D eigenvalue weighted by molar-refractivity contribution is 5.82. The molecule has 1 aromatic rings. The number of piperazine rings is 2. The number of hydrogen-bond donors (Lipinski definition) is 1. The lowest BCUT2D eigenvalue weighted by atomic mass is 10.1. The zero-order chi connectivity index (χ0) is 14.7. The van der Waals surface area contributed by atoms with E-state index in [0.717, 1.165) is 51.5 Å². The number of nitrogens with one attached hydrogen (secondary N) is 1. The fraction of sp³-hybridized carbons (Fsp3) is 0.562. The molecule has 2 aliphatic heterocycles. The molecule has 2 fully saturated rings. The van der Waals surface area contributed by atoms with Crippen LogP contribution in [-0.4, -0.2) is 68.6 Å². The highest BCUT2D eigenvalue weighted by Crippen LogP contribution is 2.18. The first-order valence-corrected chi connectivity index (χ1v) is 7.73. The van der Waals surface area contributed by atoms with E-state index in [4.69, 9.17) is 0 Å². The van der Waals surface area contributed by atoms with E-state index in [2.05, 4.69) is 39.4 Å². The fourth-order valence-corrected chi connectivity index (χ4v) is 2.92. The van der Waals surface area contributed by atoms with Gasteiger partial charge in [0.25, 0.3) is 0 Å². The van der Waals surface area contributed by atoms with Crippen molar-refractivity contribution in [3.63, 3.8) is 0 Å². The fourth-order valence-electron chi connectivity index (χ4n) is 2.92. The summed E-state index contributed by atoms with van der Waals surface area (Å²) in [5, 5.41) is 3.38. The van der Waals surface area contributed by atoms with Gasteiger partial charge in [-0.05, 0) is 17.7 Å². The minimum atomic E-state index is 0.200. The monoisotopic (exact) mass is 288 g/mol. The Hall–Kier alpha value is -1.59. The Kier molecular flexibility index (Phi) is 4.41.